The van der Waals surface area contributed by atoms with Crippen LogP contribution in [0.3, 0.4) is 0 Å². The van der Waals surface area contributed by atoms with E-state index in [9.17, 15) is 0 Å². The molecule has 0 saturated carbocycles. The smallest absolute Gasteiger partial charge is 0.399 e. The molecule has 290 valence electrons. The van der Waals surface area contributed by atoms with Crippen molar-refractivity contribution in [1.82, 2.24) is 4.57 Å². The summed E-state index contributed by atoms with van der Waals surface area (Å²) in [5.41, 5.74) is 13.6. The van der Waals surface area contributed by atoms with Crippen molar-refractivity contribution >= 4 is 52.7 Å². The van der Waals surface area contributed by atoms with Gasteiger partial charge in [0.05, 0.1) is 16.7 Å². The Labute approximate surface area is 344 Å². The van der Waals surface area contributed by atoms with Crippen molar-refractivity contribution in [1.29, 1.82) is 0 Å². The summed E-state index contributed by atoms with van der Waals surface area (Å²) in [7, 11) is -0.424. The van der Waals surface area contributed by atoms with Gasteiger partial charge in [-0.3, -0.25) is 0 Å². The quantitative estimate of drug-likeness (QED) is 0.158. The summed E-state index contributed by atoms with van der Waals surface area (Å²) >= 11 is 0. The van der Waals surface area contributed by atoms with Crippen molar-refractivity contribution in [2.75, 3.05) is 4.90 Å². The molecule has 1 aliphatic heterocycles. The van der Waals surface area contributed by atoms with Gasteiger partial charge in [-0.15, -0.1) is 0 Å². The highest BCUT2D eigenvalue weighted by Gasteiger charge is 2.51. The summed E-state index contributed by atoms with van der Waals surface area (Å²) in [4.78, 5) is 2.40. The Balaban J connectivity index is 0.00000215. The number of anilines is 3. The van der Waals surface area contributed by atoms with Crippen LogP contribution in [-0.4, -0.2) is 22.9 Å². The van der Waals surface area contributed by atoms with Gasteiger partial charge in [-0.2, -0.15) is 0 Å². The summed E-state index contributed by atoms with van der Waals surface area (Å²) in [6, 6.07) is 51.3. The second kappa shape index (κ2) is 14.3. The second-order valence-electron chi connectivity index (χ2n) is 17.1. The second-order valence-corrected chi connectivity index (χ2v) is 17.1. The van der Waals surface area contributed by atoms with Gasteiger partial charge in [-0.05, 0) is 134 Å². The minimum atomic E-state index is -0.424. The van der Waals surface area contributed by atoms with Gasteiger partial charge in [-0.1, -0.05) is 125 Å². The Bertz CT molecular complexity index is 2760. The lowest BCUT2D eigenvalue weighted by Crippen LogP contribution is -2.41. The van der Waals surface area contributed by atoms with Gasteiger partial charge in [-0.25, -0.2) is 0 Å². The van der Waals surface area contributed by atoms with E-state index in [1.807, 2.05) is 13.8 Å². The fraction of sp³-hybridized carbons (Fsp3) is 0.245. The normalized spacial score (nSPS) is 16.7. The van der Waals surface area contributed by atoms with Crippen molar-refractivity contribution < 1.29 is 9.31 Å². The molecule has 6 aromatic carbocycles. The molecule has 7 aromatic rings. The minimum absolute atomic E-state index is 0.102. The maximum absolute atomic E-state index is 6.51. The molecule has 0 unspecified atom stereocenters. The van der Waals surface area contributed by atoms with E-state index in [1.165, 1.54) is 49.3 Å². The molecule has 10 rings (SSSR count). The van der Waals surface area contributed by atoms with Crippen LogP contribution in [0.25, 0.3) is 51.0 Å². The lowest BCUT2D eigenvalue weighted by atomic mass is 9.79. The van der Waals surface area contributed by atoms with Gasteiger partial charge in [0.2, 0.25) is 0 Å². The van der Waals surface area contributed by atoms with Crippen molar-refractivity contribution in [3.05, 3.63) is 161 Å². The summed E-state index contributed by atoms with van der Waals surface area (Å²) in [5, 5.41) is 3.80. The zero-order valence-corrected chi connectivity index (χ0v) is 35.1. The highest BCUT2D eigenvalue weighted by molar-refractivity contribution is 6.62. The Morgan fingerprint density at radius 1 is 0.552 bits per heavy atom. The van der Waals surface area contributed by atoms with Crippen LogP contribution in [0, 0.1) is 0 Å². The van der Waals surface area contributed by atoms with Crippen LogP contribution >= 0.6 is 0 Å². The molecule has 5 heteroatoms. The first-order chi connectivity index (χ1) is 28.0. The minimum Gasteiger partial charge on any atom is -0.399 e. The molecule has 0 radical (unpaired) electrons. The number of aromatic nitrogens is 1. The topological polar surface area (TPSA) is 26.6 Å². The molecule has 1 fully saturated rings. The average Bonchev–Trinajstić information content (AvgIpc) is 3.79. The van der Waals surface area contributed by atoms with Crippen LogP contribution < -0.4 is 20.9 Å². The fourth-order valence-electron chi connectivity index (χ4n) is 9.08. The highest BCUT2D eigenvalue weighted by atomic mass is 16.7. The van der Waals surface area contributed by atoms with Crippen LogP contribution in [0.15, 0.2) is 140 Å². The Hall–Kier alpha value is -5.62. The molecule has 4 nitrogen and oxygen atoms in total. The van der Waals surface area contributed by atoms with E-state index in [1.54, 1.807) is 0 Å². The molecule has 3 aliphatic rings. The predicted octanol–water partition coefficient (Wildman–Crippen LogP) is 11.8. The van der Waals surface area contributed by atoms with E-state index in [0.29, 0.717) is 0 Å². The highest BCUT2D eigenvalue weighted by Crippen LogP contribution is 2.50. The molecule has 0 N–H and O–H groups in total. The SMILES string of the molecule is CC.CC1(C)c2ccccc2-c2ccc(N(c3ccc(-c4ccccc4)cc3)c3ccc(-n4c5c(c6ccc(B7OC(C)(C)C(C)(C)O7)cc64)=CCCC=5)cc3)cc21. The number of benzene rings is 6. The van der Waals surface area contributed by atoms with E-state index >= 15 is 0 Å². The Kier molecular flexibility index (Phi) is 9.38. The first-order valence-corrected chi connectivity index (χ1v) is 21.0. The van der Waals surface area contributed by atoms with Gasteiger partial charge in [0.15, 0.2) is 0 Å². The van der Waals surface area contributed by atoms with Crippen LogP contribution in [0.2, 0.25) is 0 Å². The van der Waals surface area contributed by atoms with Gasteiger partial charge in [0, 0.05) is 44.1 Å². The third-order valence-electron chi connectivity index (χ3n) is 12.9. The van der Waals surface area contributed by atoms with E-state index in [0.717, 1.165) is 46.6 Å². The van der Waals surface area contributed by atoms with E-state index in [4.69, 9.17) is 9.31 Å². The van der Waals surface area contributed by atoms with Gasteiger partial charge in [0.1, 0.15) is 0 Å². The first kappa shape index (κ1) is 37.9. The largest absolute Gasteiger partial charge is 0.494 e. The monoisotopic (exact) mass is 760 g/mol. The number of fused-ring (bicyclic) bond motifs is 6. The van der Waals surface area contributed by atoms with Crippen molar-refractivity contribution in [2.24, 2.45) is 0 Å². The van der Waals surface area contributed by atoms with E-state index in [2.05, 4.69) is 203 Å². The number of hydrogen-bond donors (Lipinski definition) is 0. The molecular formula is C53H53BN2O2. The maximum atomic E-state index is 6.51. The molecule has 58 heavy (non-hydrogen) atoms. The molecule has 0 spiro atoms. The number of rotatable bonds is 6. The van der Waals surface area contributed by atoms with Crippen molar-refractivity contribution in [2.45, 2.75) is 84.8 Å². The lowest BCUT2D eigenvalue weighted by molar-refractivity contribution is 0.00578. The van der Waals surface area contributed by atoms with E-state index in [-0.39, 0.29) is 5.41 Å². The first-order valence-electron chi connectivity index (χ1n) is 21.0. The third kappa shape index (κ3) is 6.15. The van der Waals surface area contributed by atoms with Crippen LogP contribution in [0.4, 0.5) is 17.1 Å². The van der Waals surface area contributed by atoms with Crippen molar-refractivity contribution in [3.63, 3.8) is 0 Å². The molecule has 0 atom stereocenters. The number of hydrogen-bond acceptors (Lipinski definition) is 3. The van der Waals surface area contributed by atoms with Crippen LogP contribution in [0.5, 0.6) is 0 Å². The maximum Gasteiger partial charge on any atom is 0.494 e. The molecule has 2 aliphatic carbocycles. The molecule has 0 bridgehead atoms. The van der Waals surface area contributed by atoms with Gasteiger partial charge < -0.3 is 18.8 Å². The zero-order valence-electron chi connectivity index (χ0n) is 35.1. The van der Waals surface area contributed by atoms with Crippen LogP contribution in [-0.2, 0) is 14.7 Å². The molecule has 2 heterocycles. The fourth-order valence-corrected chi connectivity index (χ4v) is 9.08. The Morgan fingerprint density at radius 3 is 1.84 bits per heavy atom. The standard InChI is InChI=1S/C51H47BN2O2.C2H6/c1-49(2)45-18-12-10-16-41(45)42-31-29-40(33-46(42)49)53(37-23-20-35(21-24-37)34-14-8-7-9-15-34)38-25-27-39(28-26-38)54-47-19-13-11-17-43(47)44-30-22-36(32-48(44)54)52-55-50(3,4)51(5,6)56-52;1-2/h7-10,12,14-33H,11,13H2,1-6H3;1-2H3. The average molecular weight is 761 g/mol. The van der Waals surface area contributed by atoms with Crippen molar-refractivity contribution in [3.8, 4) is 27.9 Å². The third-order valence-corrected chi connectivity index (χ3v) is 12.9. The van der Waals surface area contributed by atoms with Gasteiger partial charge >= 0.3 is 7.12 Å². The predicted molar refractivity (Wildman–Crippen MR) is 245 cm³/mol. The number of nitrogens with zero attached hydrogens (tertiary/aromatic N) is 2. The van der Waals surface area contributed by atoms with Crippen LogP contribution in [0.1, 0.15) is 79.4 Å². The molecular weight excluding hydrogens is 707 g/mol. The summed E-state index contributed by atoms with van der Waals surface area (Å²) in [5.74, 6) is 0. The zero-order chi connectivity index (χ0) is 40.4. The summed E-state index contributed by atoms with van der Waals surface area (Å²) in [6.45, 7) is 17.2. The molecule has 1 saturated heterocycles. The summed E-state index contributed by atoms with van der Waals surface area (Å²) < 4.78 is 15.4. The summed E-state index contributed by atoms with van der Waals surface area (Å²) in [6.07, 6.45) is 6.86. The van der Waals surface area contributed by atoms with Gasteiger partial charge in [0.25, 0.3) is 0 Å². The molecule has 0 amide bonds. The molecule has 1 aromatic heterocycles. The Morgan fingerprint density at radius 2 is 1.14 bits per heavy atom. The lowest BCUT2D eigenvalue weighted by Gasteiger charge is -2.32. The van der Waals surface area contributed by atoms with E-state index < -0.39 is 18.3 Å².